The molecule has 1 aliphatic rings. The fourth-order valence-corrected chi connectivity index (χ4v) is 3.46. The highest BCUT2D eigenvalue weighted by Gasteiger charge is 2.23. The van der Waals surface area contributed by atoms with E-state index in [0.717, 1.165) is 24.0 Å². The number of nitrogens with zero attached hydrogens (tertiary/aromatic N) is 2. The van der Waals surface area contributed by atoms with Crippen molar-refractivity contribution in [3.8, 4) is 0 Å². The molecule has 0 bridgehead atoms. The van der Waals surface area contributed by atoms with Gasteiger partial charge in [-0.15, -0.1) is 11.6 Å². The molecule has 0 spiro atoms. The first kappa shape index (κ1) is 20.5. The first-order valence-corrected chi connectivity index (χ1v) is 10.3. The molecule has 1 amide bonds. The van der Waals surface area contributed by atoms with Crippen molar-refractivity contribution in [3.63, 3.8) is 0 Å². The number of imidazole rings is 1. The van der Waals surface area contributed by atoms with Gasteiger partial charge in [0.25, 0.3) is 5.91 Å². The number of rotatable bonds is 7. The second-order valence-electron chi connectivity index (χ2n) is 7.04. The normalized spacial score (nSPS) is 12.7. The molecule has 30 heavy (non-hydrogen) atoms. The summed E-state index contributed by atoms with van der Waals surface area (Å²) in [6.07, 6.45) is 4.89. The average molecular weight is 449 g/mol. The van der Waals surface area contributed by atoms with Gasteiger partial charge in [0, 0.05) is 12.4 Å². The van der Waals surface area contributed by atoms with E-state index in [2.05, 4.69) is 15.8 Å². The van der Waals surface area contributed by atoms with Gasteiger partial charge < -0.3 is 14.7 Å². The Labute approximate surface area is 182 Å². The molecule has 0 atom stereocenters. The van der Waals surface area contributed by atoms with Crippen molar-refractivity contribution in [2.24, 2.45) is 0 Å². The maximum absolute atomic E-state index is 15.5. The quantitative estimate of drug-likeness (QED) is 0.286. The molecule has 6 nitrogen and oxygen atoms in total. The third-order valence-corrected chi connectivity index (χ3v) is 5.21. The van der Waals surface area contributed by atoms with Crippen molar-refractivity contribution in [2.45, 2.75) is 26.3 Å². The number of hydrogen-bond donors (Lipinski definition) is 2. The van der Waals surface area contributed by atoms with Crippen LogP contribution in [0.3, 0.4) is 0 Å². The number of alkyl halides is 1. The zero-order valence-electron chi connectivity index (χ0n) is 16.1. The fraction of sp³-hybridized carbons (Fsp3) is 0.238. The SMILES string of the molecule is Cc1ccc(Nc2c(C(=O)NOC=C3CC3)cc3c(ncn3CCCl)c2F)c(Cl)c1. The summed E-state index contributed by atoms with van der Waals surface area (Å²) in [5.41, 5.74) is 5.48. The number of hydrogen-bond acceptors (Lipinski definition) is 4. The Morgan fingerprint density at radius 3 is 2.87 bits per heavy atom. The topological polar surface area (TPSA) is 68.2 Å². The molecule has 1 aliphatic carbocycles. The molecule has 1 aromatic heterocycles. The van der Waals surface area contributed by atoms with Crippen LogP contribution in [0.15, 0.2) is 42.4 Å². The lowest BCUT2D eigenvalue weighted by molar-refractivity contribution is 0.0654. The second kappa shape index (κ2) is 8.53. The summed E-state index contributed by atoms with van der Waals surface area (Å²) >= 11 is 12.1. The predicted molar refractivity (Wildman–Crippen MR) is 116 cm³/mol. The standard InChI is InChI=1S/C21H19Cl2FN4O2/c1-12-2-5-16(15(23)8-12)26-19-14(21(29)27-30-10-13-3-4-13)9-17-20(18(19)24)25-11-28(17)7-6-22/h2,5,8-11,26H,3-4,6-7H2,1H3,(H,27,29). The lowest BCUT2D eigenvalue weighted by Crippen LogP contribution is -2.23. The third-order valence-electron chi connectivity index (χ3n) is 4.73. The smallest absolute Gasteiger partial charge is 0.286 e. The Balaban J connectivity index is 1.77. The molecule has 2 aromatic carbocycles. The number of hydroxylamine groups is 1. The number of aryl methyl sites for hydroxylation is 2. The van der Waals surface area contributed by atoms with Gasteiger partial charge in [-0.2, -0.15) is 5.48 Å². The Kier molecular flexibility index (Phi) is 5.83. The number of benzene rings is 2. The number of carbonyl (C=O) groups is 1. The highest BCUT2D eigenvalue weighted by atomic mass is 35.5. The van der Waals surface area contributed by atoms with Crippen molar-refractivity contribution >= 4 is 51.5 Å². The van der Waals surface area contributed by atoms with Crippen LogP contribution in [0.1, 0.15) is 28.8 Å². The maximum Gasteiger partial charge on any atom is 0.286 e. The molecule has 2 N–H and O–H groups in total. The predicted octanol–water partition coefficient (Wildman–Crippen LogP) is 5.46. The minimum absolute atomic E-state index is 0.0375. The molecule has 0 aliphatic heterocycles. The lowest BCUT2D eigenvalue weighted by Gasteiger charge is -2.15. The monoisotopic (exact) mass is 448 g/mol. The lowest BCUT2D eigenvalue weighted by atomic mass is 10.1. The molecule has 0 saturated heterocycles. The van der Waals surface area contributed by atoms with Crippen molar-refractivity contribution in [1.29, 1.82) is 0 Å². The highest BCUT2D eigenvalue weighted by molar-refractivity contribution is 6.33. The Hall–Kier alpha value is -2.77. The Morgan fingerprint density at radius 1 is 1.37 bits per heavy atom. The van der Waals surface area contributed by atoms with E-state index in [9.17, 15) is 4.79 Å². The van der Waals surface area contributed by atoms with Gasteiger partial charge in [-0.3, -0.25) is 4.79 Å². The van der Waals surface area contributed by atoms with Crippen molar-refractivity contribution in [3.05, 3.63) is 64.4 Å². The number of halogens is 3. The van der Waals surface area contributed by atoms with Crippen LogP contribution in [-0.4, -0.2) is 21.3 Å². The van der Waals surface area contributed by atoms with Crippen LogP contribution in [0.4, 0.5) is 15.8 Å². The number of anilines is 2. The van der Waals surface area contributed by atoms with E-state index in [0.29, 0.717) is 28.7 Å². The number of fused-ring (bicyclic) bond motifs is 1. The molecular weight excluding hydrogens is 430 g/mol. The van der Waals surface area contributed by atoms with Gasteiger partial charge in [-0.1, -0.05) is 17.7 Å². The number of nitrogens with one attached hydrogen (secondary N) is 2. The largest absolute Gasteiger partial charge is 0.387 e. The van der Waals surface area contributed by atoms with Crippen LogP contribution in [0.25, 0.3) is 11.0 Å². The van der Waals surface area contributed by atoms with Crippen LogP contribution >= 0.6 is 23.2 Å². The first-order chi connectivity index (χ1) is 14.5. The summed E-state index contributed by atoms with van der Waals surface area (Å²) in [5, 5.41) is 3.35. The maximum atomic E-state index is 15.5. The summed E-state index contributed by atoms with van der Waals surface area (Å²) in [7, 11) is 0. The molecule has 0 radical (unpaired) electrons. The average Bonchev–Trinajstić information content (AvgIpc) is 3.45. The summed E-state index contributed by atoms with van der Waals surface area (Å²) in [4.78, 5) is 22.1. The van der Waals surface area contributed by atoms with E-state index in [1.165, 1.54) is 12.6 Å². The van der Waals surface area contributed by atoms with Crippen LogP contribution in [-0.2, 0) is 11.4 Å². The summed E-state index contributed by atoms with van der Waals surface area (Å²) in [6, 6.07) is 6.87. The van der Waals surface area contributed by atoms with E-state index in [1.54, 1.807) is 22.8 Å². The summed E-state index contributed by atoms with van der Waals surface area (Å²) in [5.74, 6) is -0.939. The molecule has 1 saturated carbocycles. The van der Waals surface area contributed by atoms with Crippen LogP contribution in [0.2, 0.25) is 5.02 Å². The molecule has 156 valence electrons. The highest BCUT2D eigenvalue weighted by Crippen LogP contribution is 2.34. The molecule has 1 fully saturated rings. The van der Waals surface area contributed by atoms with Gasteiger partial charge in [-0.25, -0.2) is 9.37 Å². The second-order valence-corrected chi connectivity index (χ2v) is 7.83. The molecule has 3 aromatic rings. The van der Waals surface area contributed by atoms with Gasteiger partial charge in [0.1, 0.15) is 11.8 Å². The van der Waals surface area contributed by atoms with Crippen molar-refractivity contribution in [2.75, 3.05) is 11.2 Å². The Bertz CT molecular complexity index is 1150. The molecule has 0 unspecified atom stereocenters. The first-order valence-electron chi connectivity index (χ1n) is 9.38. The fourth-order valence-electron chi connectivity index (χ4n) is 3.00. The van der Waals surface area contributed by atoms with E-state index in [-0.39, 0.29) is 16.8 Å². The third kappa shape index (κ3) is 4.22. The minimum atomic E-state index is -0.664. The van der Waals surface area contributed by atoms with Gasteiger partial charge in [0.2, 0.25) is 0 Å². The van der Waals surface area contributed by atoms with E-state index in [4.69, 9.17) is 28.0 Å². The van der Waals surface area contributed by atoms with Gasteiger partial charge >= 0.3 is 0 Å². The van der Waals surface area contributed by atoms with E-state index in [1.807, 2.05) is 13.0 Å². The van der Waals surface area contributed by atoms with Gasteiger partial charge in [-0.05, 0) is 49.1 Å². The molecule has 1 heterocycles. The van der Waals surface area contributed by atoms with Crippen molar-refractivity contribution < 1.29 is 14.0 Å². The van der Waals surface area contributed by atoms with Crippen LogP contribution in [0, 0.1) is 12.7 Å². The number of allylic oxidation sites excluding steroid dienone is 1. The molecule has 4 rings (SSSR count). The number of amides is 1. The summed E-state index contributed by atoms with van der Waals surface area (Å²) in [6.45, 7) is 2.33. The number of aromatic nitrogens is 2. The van der Waals surface area contributed by atoms with Gasteiger partial charge in [0.05, 0.1) is 33.8 Å². The van der Waals surface area contributed by atoms with Crippen LogP contribution in [0.5, 0.6) is 0 Å². The number of carbonyl (C=O) groups excluding carboxylic acids is 1. The van der Waals surface area contributed by atoms with Crippen molar-refractivity contribution in [1.82, 2.24) is 15.0 Å². The minimum Gasteiger partial charge on any atom is -0.387 e. The van der Waals surface area contributed by atoms with Crippen LogP contribution < -0.4 is 10.8 Å². The van der Waals surface area contributed by atoms with Gasteiger partial charge in [0.15, 0.2) is 5.82 Å². The zero-order chi connectivity index (χ0) is 21.3. The van der Waals surface area contributed by atoms with E-state index >= 15 is 4.39 Å². The Morgan fingerprint density at radius 2 is 2.17 bits per heavy atom. The van der Waals surface area contributed by atoms with E-state index < -0.39 is 11.7 Å². The molecular formula is C21H19Cl2FN4O2. The summed E-state index contributed by atoms with van der Waals surface area (Å²) < 4.78 is 17.1. The molecule has 9 heteroatoms. The zero-order valence-corrected chi connectivity index (χ0v) is 17.6.